The fourth-order valence-corrected chi connectivity index (χ4v) is 4.58. The number of benzene rings is 1. The van der Waals surface area contributed by atoms with E-state index in [2.05, 4.69) is 17.6 Å². The Morgan fingerprint density at radius 3 is 2.79 bits per heavy atom. The van der Waals surface area contributed by atoms with Crippen LogP contribution in [0.4, 0.5) is 23.7 Å². The van der Waals surface area contributed by atoms with Crippen molar-refractivity contribution in [2.45, 2.75) is 32.0 Å². The number of nitrogens with zero attached hydrogens (tertiary/aromatic N) is 1. The Balaban J connectivity index is 1.56. The third-order valence-electron chi connectivity index (χ3n) is 6.00. The van der Waals surface area contributed by atoms with Gasteiger partial charge in [-0.1, -0.05) is 13.0 Å². The number of hydrogen-bond acceptors (Lipinski definition) is 3. The van der Waals surface area contributed by atoms with Crippen molar-refractivity contribution in [1.29, 1.82) is 0 Å². The number of likely N-dealkylation sites (tertiary alicyclic amines) is 1. The van der Waals surface area contributed by atoms with Crippen LogP contribution in [0.25, 0.3) is 0 Å². The molecule has 1 heterocycles. The van der Waals surface area contributed by atoms with Crippen molar-refractivity contribution >= 4 is 17.6 Å². The minimum atomic E-state index is -4.47. The molecule has 160 valence electrons. The lowest BCUT2D eigenvalue weighted by Crippen LogP contribution is -2.37. The highest BCUT2D eigenvalue weighted by atomic mass is 19.4. The van der Waals surface area contributed by atoms with Crippen molar-refractivity contribution in [2.24, 2.45) is 17.8 Å². The molecule has 1 aromatic carbocycles. The molecule has 3 amide bonds. The highest BCUT2D eigenvalue weighted by Gasteiger charge is 2.50. The summed E-state index contributed by atoms with van der Waals surface area (Å²) in [6.07, 6.45) is -3.13. The van der Waals surface area contributed by atoms with Crippen LogP contribution in [0.15, 0.2) is 24.3 Å². The number of hydrogen-bond donors (Lipinski definition) is 2. The van der Waals surface area contributed by atoms with Gasteiger partial charge in [0.1, 0.15) is 0 Å². The Labute approximate surface area is 167 Å². The first-order valence-electron chi connectivity index (χ1n) is 9.71. The molecule has 4 atom stereocenters. The number of fused-ring (bicyclic) bond motifs is 1. The van der Waals surface area contributed by atoms with E-state index in [1.165, 1.54) is 12.1 Å². The van der Waals surface area contributed by atoms with Crippen LogP contribution in [0.2, 0.25) is 0 Å². The predicted octanol–water partition coefficient (Wildman–Crippen LogP) is 3.35. The third-order valence-corrected chi connectivity index (χ3v) is 6.00. The van der Waals surface area contributed by atoms with E-state index in [4.69, 9.17) is 4.74 Å². The second kappa shape index (κ2) is 8.61. The van der Waals surface area contributed by atoms with Crippen LogP contribution in [0.3, 0.4) is 0 Å². The van der Waals surface area contributed by atoms with Gasteiger partial charge in [0.2, 0.25) is 5.91 Å². The van der Waals surface area contributed by atoms with Crippen LogP contribution in [0.5, 0.6) is 0 Å². The summed E-state index contributed by atoms with van der Waals surface area (Å²) in [4.78, 5) is 26.4. The molecule has 1 aliphatic carbocycles. The lowest BCUT2D eigenvalue weighted by atomic mass is 9.88. The fraction of sp³-hybridized carbons (Fsp3) is 0.600. The van der Waals surface area contributed by atoms with Gasteiger partial charge in [0.15, 0.2) is 0 Å². The zero-order chi connectivity index (χ0) is 21.2. The number of methoxy groups -OCH3 is 1. The molecule has 0 unspecified atom stereocenters. The van der Waals surface area contributed by atoms with Gasteiger partial charge in [-0.05, 0) is 42.4 Å². The number of alkyl halides is 3. The van der Waals surface area contributed by atoms with Gasteiger partial charge in [-0.2, -0.15) is 13.2 Å². The Morgan fingerprint density at radius 1 is 1.34 bits per heavy atom. The Hall–Kier alpha value is -2.29. The number of amides is 3. The summed E-state index contributed by atoms with van der Waals surface area (Å²) >= 11 is 0. The molecule has 2 aliphatic rings. The van der Waals surface area contributed by atoms with Gasteiger partial charge >= 0.3 is 12.2 Å². The second-order valence-electron chi connectivity index (χ2n) is 7.81. The van der Waals surface area contributed by atoms with Gasteiger partial charge in [0.05, 0.1) is 12.2 Å². The average molecular weight is 413 g/mol. The van der Waals surface area contributed by atoms with Crippen LogP contribution < -0.4 is 10.6 Å². The normalized spacial score (nSPS) is 26.5. The zero-order valence-corrected chi connectivity index (χ0v) is 16.5. The summed E-state index contributed by atoms with van der Waals surface area (Å²) in [5, 5.41) is 5.22. The highest BCUT2D eigenvalue weighted by Crippen LogP contribution is 2.45. The van der Waals surface area contributed by atoms with Crippen LogP contribution in [-0.4, -0.2) is 49.7 Å². The number of carbonyl (C=O) groups excluding carboxylic acids is 2. The molecule has 29 heavy (non-hydrogen) atoms. The Bertz CT molecular complexity index is 756. The van der Waals surface area contributed by atoms with Crippen molar-refractivity contribution in [3.05, 3.63) is 29.8 Å². The molecule has 9 heteroatoms. The molecule has 1 aliphatic heterocycles. The first-order chi connectivity index (χ1) is 13.7. The maximum absolute atomic E-state index is 12.8. The molecule has 2 fully saturated rings. The molecule has 0 spiro atoms. The van der Waals surface area contributed by atoms with Gasteiger partial charge in [-0.25, -0.2) is 4.79 Å². The van der Waals surface area contributed by atoms with E-state index in [-0.39, 0.29) is 29.5 Å². The maximum atomic E-state index is 12.8. The molecule has 2 N–H and O–H groups in total. The van der Waals surface area contributed by atoms with E-state index in [1.807, 2.05) is 4.90 Å². The number of urea groups is 1. The summed E-state index contributed by atoms with van der Waals surface area (Å²) < 4.78 is 43.5. The van der Waals surface area contributed by atoms with Crippen LogP contribution in [-0.2, 0) is 15.7 Å². The van der Waals surface area contributed by atoms with Crippen molar-refractivity contribution in [3.8, 4) is 0 Å². The maximum Gasteiger partial charge on any atom is 0.416 e. The number of nitrogens with one attached hydrogen (secondary N) is 2. The van der Waals surface area contributed by atoms with Crippen molar-refractivity contribution in [3.63, 3.8) is 0 Å². The Kier molecular flexibility index (Phi) is 6.36. The van der Waals surface area contributed by atoms with Crippen molar-refractivity contribution in [2.75, 3.05) is 32.1 Å². The third kappa shape index (κ3) is 4.83. The number of ether oxygens (including phenoxy) is 1. The molecule has 1 aromatic rings. The smallest absolute Gasteiger partial charge is 0.383 e. The standard InChI is InChI=1S/C20H26F3N3O3/c1-12-8-17-15(10-18(27)26(17)6-7-29-2)16(12)11-24-19(28)25-14-5-3-4-13(9-14)20(21,22)23/h3-5,9,12,15-17H,6-8,10-11H2,1-2H3,(H2,24,25,28)/t12-,15-,16+,17+/m0/s1. The van der Waals surface area contributed by atoms with Crippen LogP contribution >= 0.6 is 0 Å². The lowest BCUT2D eigenvalue weighted by molar-refractivity contribution is -0.137. The Morgan fingerprint density at radius 2 is 2.10 bits per heavy atom. The molecule has 3 rings (SSSR count). The minimum absolute atomic E-state index is 0.0801. The summed E-state index contributed by atoms with van der Waals surface area (Å²) in [5.74, 6) is 0.756. The summed E-state index contributed by atoms with van der Waals surface area (Å²) in [6, 6.07) is 4.12. The van der Waals surface area contributed by atoms with E-state index in [1.54, 1.807) is 7.11 Å². The quantitative estimate of drug-likeness (QED) is 0.752. The molecule has 1 saturated carbocycles. The number of carbonyl (C=O) groups is 2. The molecule has 0 aromatic heterocycles. The van der Waals surface area contributed by atoms with Gasteiger partial charge in [0, 0.05) is 38.3 Å². The zero-order valence-electron chi connectivity index (χ0n) is 16.5. The van der Waals surface area contributed by atoms with Gasteiger partial charge in [-0.15, -0.1) is 0 Å². The van der Waals surface area contributed by atoms with Crippen molar-refractivity contribution in [1.82, 2.24) is 10.2 Å². The minimum Gasteiger partial charge on any atom is -0.383 e. The molecular formula is C20H26F3N3O3. The van der Waals surface area contributed by atoms with E-state index in [0.717, 1.165) is 18.6 Å². The monoisotopic (exact) mass is 413 g/mol. The molecule has 0 radical (unpaired) electrons. The fourth-order valence-electron chi connectivity index (χ4n) is 4.58. The van der Waals surface area contributed by atoms with E-state index in [9.17, 15) is 22.8 Å². The number of rotatable bonds is 6. The van der Waals surface area contributed by atoms with Crippen molar-refractivity contribution < 1.29 is 27.5 Å². The van der Waals surface area contributed by atoms with E-state index < -0.39 is 17.8 Å². The van der Waals surface area contributed by atoms with E-state index in [0.29, 0.717) is 32.0 Å². The van der Waals surface area contributed by atoms with Gasteiger partial charge in [-0.3, -0.25) is 4.79 Å². The van der Waals surface area contributed by atoms with Crippen LogP contribution in [0, 0.1) is 17.8 Å². The largest absolute Gasteiger partial charge is 0.416 e. The summed E-state index contributed by atoms with van der Waals surface area (Å²) in [5.41, 5.74) is -0.736. The SMILES string of the molecule is COCCN1C(=O)C[C@H]2[C@H](CNC(=O)Nc3cccc(C(F)(F)F)c3)[C@@H](C)C[C@H]21. The molecule has 0 bridgehead atoms. The number of halogens is 3. The van der Waals surface area contributed by atoms with Gasteiger partial charge in [0.25, 0.3) is 0 Å². The topological polar surface area (TPSA) is 70.7 Å². The summed E-state index contributed by atoms with van der Waals surface area (Å²) in [6.45, 7) is 3.54. The van der Waals surface area contributed by atoms with Crippen LogP contribution in [0.1, 0.15) is 25.3 Å². The summed E-state index contributed by atoms with van der Waals surface area (Å²) in [7, 11) is 1.60. The van der Waals surface area contributed by atoms with Gasteiger partial charge < -0.3 is 20.3 Å². The second-order valence-corrected chi connectivity index (χ2v) is 7.81. The first kappa shape index (κ1) is 21.4. The average Bonchev–Trinajstić information content (AvgIpc) is 3.11. The van der Waals surface area contributed by atoms with E-state index >= 15 is 0 Å². The highest BCUT2D eigenvalue weighted by molar-refractivity contribution is 5.89. The molecular weight excluding hydrogens is 387 g/mol. The first-order valence-corrected chi connectivity index (χ1v) is 9.71. The molecule has 1 saturated heterocycles. The molecule has 6 nitrogen and oxygen atoms in total. The number of anilines is 1. The predicted molar refractivity (Wildman–Crippen MR) is 101 cm³/mol. The lowest BCUT2D eigenvalue weighted by Gasteiger charge is -2.24.